The molecule has 0 fully saturated rings. The van der Waals surface area contributed by atoms with Crippen LogP contribution < -0.4 is 11.1 Å². The Hall–Kier alpha value is -2.17. The number of aliphatic hydroxyl groups excluding tert-OH is 1. The first-order valence-electron chi connectivity index (χ1n) is 7.47. The van der Waals surface area contributed by atoms with E-state index >= 15 is 0 Å². The van der Waals surface area contributed by atoms with Crippen molar-refractivity contribution in [3.05, 3.63) is 12.0 Å². The summed E-state index contributed by atoms with van der Waals surface area (Å²) in [6.45, 7) is 2.03. The van der Waals surface area contributed by atoms with Crippen molar-refractivity contribution in [2.75, 3.05) is 26.1 Å². The zero-order valence-electron chi connectivity index (χ0n) is 13.9. The van der Waals surface area contributed by atoms with Gasteiger partial charge in [0.2, 0.25) is 0 Å². The number of nitrogens with one attached hydrogen (secondary N) is 1. The van der Waals surface area contributed by atoms with E-state index in [1.807, 2.05) is 0 Å². The Balaban J connectivity index is 2.13. The highest BCUT2D eigenvalue weighted by Gasteiger charge is 2.26. The van der Waals surface area contributed by atoms with Crippen LogP contribution in [-0.2, 0) is 25.5 Å². The molecule has 10 nitrogen and oxygen atoms in total. The van der Waals surface area contributed by atoms with E-state index in [1.54, 1.807) is 25.1 Å². The van der Waals surface area contributed by atoms with Crippen molar-refractivity contribution in [2.24, 2.45) is 16.6 Å². The van der Waals surface area contributed by atoms with Crippen LogP contribution in [0.25, 0.3) is 0 Å². The Morgan fingerprint density at radius 1 is 1.50 bits per heavy atom. The molecular weight excluding hydrogens is 318 g/mol. The molecule has 0 aromatic carbocycles. The van der Waals surface area contributed by atoms with Crippen LogP contribution in [0.3, 0.4) is 0 Å². The number of aliphatic imine (C=N–C) groups is 1. The smallest absolute Gasteiger partial charge is 0.302 e. The first-order chi connectivity index (χ1) is 11.4. The van der Waals surface area contributed by atoms with E-state index in [0.29, 0.717) is 24.5 Å². The second-order valence-corrected chi connectivity index (χ2v) is 5.45. The maximum Gasteiger partial charge on any atom is 0.302 e. The molecule has 0 saturated heterocycles. The number of aliphatic hydroxyl groups is 1. The van der Waals surface area contributed by atoms with Crippen molar-refractivity contribution in [1.82, 2.24) is 9.55 Å². The van der Waals surface area contributed by atoms with Gasteiger partial charge in [0.15, 0.2) is 18.5 Å². The summed E-state index contributed by atoms with van der Waals surface area (Å²) < 4.78 is 17.4. The maximum absolute atomic E-state index is 11.1. The SMILES string of the molecule is COC(CC(COC(C)=O)Cn1cnc2c1NC(N)=NC2O)OC. The van der Waals surface area contributed by atoms with Gasteiger partial charge in [0.25, 0.3) is 0 Å². The van der Waals surface area contributed by atoms with Gasteiger partial charge in [-0.3, -0.25) is 4.79 Å². The number of carbonyl (C=O) groups excluding carboxylic acids is 1. The van der Waals surface area contributed by atoms with Gasteiger partial charge in [0, 0.05) is 40.0 Å². The molecule has 0 bridgehead atoms. The van der Waals surface area contributed by atoms with Gasteiger partial charge in [-0.15, -0.1) is 0 Å². The lowest BCUT2D eigenvalue weighted by atomic mass is 10.1. The van der Waals surface area contributed by atoms with Gasteiger partial charge < -0.3 is 34.9 Å². The van der Waals surface area contributed by atoms with E-state index in [-0.39, 0.29) is 24.5 Å². The van der Waals surface area contributed by atoms with E-state index in [4.69, 9.17) is 19.9 Å². The summed E-state index contributed by atoms with van der Waals surface area (Å²) in [4.78, 5) is 19.1. The molecule has 2 heterocycles. The predicted molar refractivity (Wildman–Crippen MR) is 85.0 cm³/mol. The zero-order valence-corrected chi connectivity index (χ0v) is 13.9. The van der Waals surface area contributed by atoms with Crippen molar-refractivity contribution in [3.8, 4) is 0 Å². The molecule has 1 aromatic heterocycles. The summed E-state index contributed by atoms with van der Waals surface area (Å²) in [5, 5.41) is 12.8. The number of carbonyl (C=O) groups is 1. The monoisotopic (exact) mass is 341 g/mol. The van der Waals surface area contributed by atoms with Crippen molar-refractivity contribution < 1.29 is 24.1 Å². The fraction of sp³-hybridized carbons (Fsp3) is 0.643. The Morgan fingerprint density at radius 3 is 2.83 bits per heavy atom. The fourth-order valence-electron chi connectivity index (χ4n) is 2.48. The average Bonchev–Trinajstić information content (AvgIpc) is 2.92. The number of fused-ring (bicyclic) bond motifs is 1. The van der Waals surface area contributed by atoms with Crippen LogP contribution in [0.4, 0.5) is 5.82 Å². The van der Waals surface area contributed by atoms with E-state index < -0.39 is 12.5 Å². The highest BCUT2D eigenvalue weighted by atomic mass is 16.7. The Morgan fingerprint density at radius 2 is 2.21 bits per heavy atom. The lowest BCUT2D eigenvalue weighted by Gasteiger charge is -2.24. The number of anilines is 1. The number of esters is 1. The third-order valence-corrected chi connectivity index (χ3v) is 3.65. The third kappa shape index (κ3) is 4.43. The van der Waals surface area contributed by atoms with Crippen LogP contribution in [0.15, 0.2) is 11.3 Å². The van der Waals surface area contributed by atoms with Crippen molar-refractivity contribution in [2.45, 2.75) is 32.4 Å². The minimum Gasteiger partial charge on any atom is -0.466 e. The summed E-state index contributed by atoms with van der Waals surface area (Å²) in [6, 6.07) is 0. The van der Waals surface area contributed by atoms with Crippen LogP contribution in [-0.4, -0.2) is 53.7 Å². The second-order valence-electron chi connectivity index (χ2n) is 5.45. The number of hydrogen-bond donors (Lipinski definition) is 3. The Labute approximate surface area is 139 Å². The van der Waals surface area contributed by atoms with E-state index in [1.165, 1.54) is 6.92 Å². The molecule has 134 valence electrons. The summed E-state index contributed by atoms with van der Waals surface area (Å²) >= 11 is 0. The number of guanidine groups is 1. The molecule has 1 aliphatic rings. The maximum atomic E-state index is 11.1. The van der Waals surface area contributed by atoms with Crippen molar-refractivity contribution in [1.29, 1.82) is 0 Å². The fourth-order valence-corrected chi connectivity index (χ4v) is 2.48. The molecule has 4 N–H and O–H groups in total. The van der Waals surface area contributed by atoms with Crippen molar-refractivity contribution >= 4 is 17.7 Å². The van der Waals surface area contributed by atoms with Crippen LogP contribution in [0.1, 0.15) is 25.3 Å². The molecule has 2 atom stereocenters. The Kier molecular flexibility index (Phi) is 6.12. The molecule has 0 aliphatic carbocycles. The first kappa shape index (κ1) is 18.2. The third-order valence-electron chi connectivity index (χ3n) is 3.65. The van der Waals surface area contributed by atoms with E-state index in [9.17, 15) is 9.90 Å². The highest BCUT2D eigenvalue weighted by Crippen LogP contribution is 2.27. The molecule has 0 spiro atoms. The molecule has 0 amide bonds. The number of aromatic nitrogens is 2. The van der Waals surface area contributed by atoms with Crippen LogP contribution in [0, 0.1) is 5.92 Å². The summed E-state index contributed by atoms with van der Waals surface area (Å²) in [7, 11) is 3.09. The molecule has 24 heavy (non-hydrogen) atoms. The van der Waals surface area contributed by atoms with Crippen LogP contribution >= 0.6 is 0 Å². The van der Waals surface area contributed by atoms with Gasteiger partial charge in [0.1, 0.15) is 11.5 Å². The van der Waals surface area contributed by atoms with Gasteiger partial charge in [-0.2, -0.15) is 0 Å². The largest absolute Gasteiger partial charge is 0.466 e. The predicted octanol–water partition coefficient (Wildman–Crippen LogP) is -0.197. The minimum atomic E-state index is -1.10. The number of nitrogens with zero attached hydrogens (tertiary/aromatic N) is 3. The summed E-state index contributed by atoms with van der Waals surface area (Å²) in [5.74, 6) is 0.231. The molecule has 0 radical (unpaired) electrons. The number of rotatable bonds is 8. The first-order valence-corrected chi connectivity index (χ1v) is 7.47. The minimum absolute atomic E-state index is 0.0869. The molecule has 1 aromatic rings. The van der Waals surface area contributed by atoms with Crippen LogP contribution in [0.5, 0.6) is 0 Å². The number of imidazole rings is 1. The molecule has 2 unspecified atom stereocenters. The quantitative estimate of drug-likeness (QED) is 0.437. The molecular formula is C14H23N5O5. The molecule has 10 heteroatoms. The van der Waals surface area contributed by atoms with Crippen molar-refractivity contribution in [3.63, 3.8) is 0 Å². The molecule has 0 saturated carbocycles. The molecule has 2 rings (SSSR count). The average molecular weight is 341 g/mol. The lowest BCUT2D eigenvalue weighted by Crippen LogP contribution is -2.30. The highest BCUT2D eigenvalue weighted by molar-refractivity contribution is 5.93. The summed E-state index contributed by atoms with van der Waals surface area (Å²) in [5.41, 5.74) is 6.04. The van der Waals surface area contributed by atoms with E-state index in [0.717, 1.165) is 0 Å². The van der Waals surface area contributed by atoms with Gasteiger partial charge in [-0.05, 0) is 0 Å². The van der Waals surface area contributed by atoms with Gasteiger partial charge in [-0.25, -0.2) is 9.98 Å². The number of methoxy groups -OCH3 is 2. The number of ether oxygens (including phenoxy) is 3. The lowest BCUT2D eigenvalue weighted by molar-refractivity contribution is -0.146. The Bertz CT molecular complexity index is 598. The summed E-state index contributed by atoms with van der Waals surface area (Å²) in [6.07, 6.45) is 0.569. The van der Waals surface area contributed by atoms with Gasteiger partial charge in [-0.1, -0.05) is 0 Å². The molecule has 1 aliphatic heterocycles. The number of nitrogens with two attached hydrogens (primary N) is 1. The van der Waals surface area contributed by atoms with E-state index in [2.05, 4.69) is 15.3 Å². The topological polar surface area (TPSA) is 133 Å². The normalized spacial score (nSPS) is 17.9. The standard InChI is InChI=1S/C14H23N5O5/c1-8(20)24-6-9(4-10(22-2)23-3)5-19-7-16-11-12(19)17-14(15)18-13(11)21/h7,9-10,13,21H,4-6H2,1-3H3,(H3,15,17,18). The van der Waals surface area contributed by atoms with Gasteiger partial charge >= 0.3 is 5.97 Å². The zero-order chi connectivity index (χ0) is 17.7. The number of hydrogen-bond acceptors (Lipinski definition) is 9. The second kappa shape index (κ2) is 8.08. The van der Waals surface area contributed by atoms with Crippen LogP contribution in [0.2, 0.25) is 0 Å². The van der Waals surface area contributed by atoms with Gasteiger partial charge in [0.05, 0.1) is 12.9 Å².